The minimum atomic E-state index is -0.562. The predicted molar refractivity (Wildman–Crippen MR) is 81.6 cm³/mol. The van der Waals surface area contributed by atoms with Gasteiger partial charge in [-0.1, -0.05) is 0 Å². The van der Waals surface area contributed by atoms with Crippen molar-refractivity contribution in [3.05, 3.63) is 52.5 Å². The highest BCUT2D eigenvalue weighted by Gasteiger charge is 2.31. The maximum absolute atomic E-state index is 12.7. The van der Waals surface area contributed by atoms with Crippen molar-refractivity contribution in [3.63, 3.8) is 0 Å². The molecular formula is C16H15N3O5. The number of ether oxygens (including phenoxy) is 1. The molecule has 0 spiro atoms. The monoisotopic (exact) mass is 329 g/mol. The first kappa shape index (κ1) is 14.6. The molecule has 0 N–H and O–H groups in total. The third kappa shape index (κ3) is 2.45. The third-order valence-corrected chi connectivity index (χ3v) is 3.88. The molecule has 0 amide bonds. The van der Waals surface area contributed by atoms with Gasteiger partial charge in [-0.15, -0.1) is 5.10 Å². The van der Waals surface area contributed by atoms with Crippen LogP contribution in [0, 0.1) is 0 Å². The molecule has 124 valence electrons. The third-order valence-electron chi connectivity index (χ3n) is 3.88. The topological polar surface area (TPSA) is 92.4 Å². The molecule has 3 aromatic heterocycles. The molecule has 0 saturated heterocycles. The van der Waals surface area contributed by atoms with Crippen molar-refractivity contribution in [2.45, 2.75) is 25.4 Å². The maximum atomic E-state index is 12.7. The van der Waals surface area contributed by atoms with Gasteiger partial charge in [-0.2, -0.15) is 0 Å². The summed E-state index contributed by atoms with van der Waals surface area (Å²) in [5.41, 5.74) is -0.222. The van der Waals surface area contributed by atoms with Crippen molar-refractivity contribution in [2.75, 3.05) is 7.11 Å². The fourth-order valence-electron chi connectivity index (χ4n) is 2.58. The van der Waals surface area contributed by atoms with E-state index in [1.807, 2.05) is 0 Å². The van der Waals surface area contributed by atoms with E-state index < -0.39 is 5.97 Å². The van der Waals surface area contributed by atoms with Gasteiger partial charge in [0.25, 0.3) is 0 Å². The van der Waals surface area contributed by atoms with Gasteiger partial charge in [-0.25, -0.2) is 14.3 Å². The van der Waals surface area contributed by atoms with Gasteiger partial charge in [0.15, 0.2) is 5.76 Å². The van der Waals surface area contributed by atoms with Crippen LogP contribution in [0.3, 0.4) is 0 Å². The fraction of sp³-hybridized carbons (Fsp3) is 0.312. The number of carbonyl (C=O) groups is 1. The molecule has 0 atom stereocenters. The van der Waals surface area contributed by atoms with Gasteiger partial charge >= 0.3 is 11.7 Å². The van der Waals surface area contributed by atoms with Crippen molar-refractivity contribution in [1.82, 2.24) is 14.3 Å². The second-order valence-electron chi connectivity index (χ2n) is 5.60. The Balaban J connectivity index is 1.69. The summed E-state index contributed by atoms with van der Waals surface area (Å²) < 4.78 is 18.4. The zero-order valence-corrected chi connectivity index (χ0v) is 13.0. The largest absolute Gasteiger partial charge is 0.463 e. The number of hydrogen-bond donors (Lipinski definition) is 0. The molecule has 3 heterocycles. The van der Waals surface area contributed by atoms with Crippen LogP contribution in [-0.4, -0.2) is 27.4 Å². The molecule has 1 aliphatic rings. The van der Waals surface area contributed by atoms with E-state index in [9.17, 15) is 9.59 Å². The van der Waals surface area contributed by atoms with E-state index in [1.165, 1.54) is 17.9 Å². The van der Waals surface area contributed by atoms with Crippen LogP contribution in [0.5, 0.6) is 0 Å². The molecule has 0 unspecified atom stereocenters. The molecule has 1 aliphatic carbocycles. The summed E-state index contributed by atoms with van der Waals surface area (Å²) in [4.78, 5) is 24.1. The molecule has 0 bridgehead atoms. The molecule has 24 heavy (non-hydrogen) atoms. The van der Waals surface area contributed by atoms with E-state index in [0.717, 1.165) is 12.8 Å². The minimum absolute atomic E-state index is 0.0911. The Bertz CT molecular complexity index is 927. The van der Waals surface area contributed by atoms with Crippen LogP contribution < -0.4 is 5.69 Å². The highest BCUT2D eigenvalue weighted by molar-refractivity contribution is 5.86. The first-order valence-electron chi connectivity index (χ1n) is 7.57. The molecule has 0 aliphatic heterocycles. The first-order valence-corrected chi connectivity index (χ1v) is 7.57. The Morgan fingerprint density at radius 1 is 1.38 bits per heavy atom. The van der Waals surface area contributed by atoms with E-state index in [1.54, 1.807) is 29.0 Å². The molecule has 0 radical (unpaired) electrons. The Morgan fingerprint density at radius 2 is 2.21 bits per heavy atom. The summed E-state index contributed by atoms with van der Waals surface area (Å²) in [5, 5.41) is 4.38. The highest BCUT2D eigenvalue weighted by atomic mass is 16.5. The smallest absolute Gasteiger partial charge is 0.373 e. The molecular weight excluding hydrogens is 314 g/mol. The number of furan rings is 2. The molecule has 1 fully saturated rings. The van der Waals surface area contributed by atoms with Crippen molar-refractivity contribution in [1.29, 1.82) is 0 Å². The Morgan fingerprint density at radius 3 is 2.88 bits per heavy atom. The van der Waals surface area contributed by atoms with E-state index in [2.05, 4.69) is 9.84 Å². The van der Waals surface area contributed by atoms with Gasteiger partial charge in [-0.3, -0.25) is 4.57 Å². The van der Waals surface area contributed by atoms with Crippen LogP contribution in [-0.2, 0) is 11.3 Å². The normalized spacial score (nSPS) is 14.0. The second kappa shape index (κ2) is 5.55. The molecule has 8 heteroatoms. The number of hydrogen-bond acceptors (Lipinski definition) is 6. The fourth-order valence-corrected chi connectivity index (χ4v) is 2.58. The van der Waals surface area contributed by atoms with E-state index in [-0.39, 0.29) is 24.0 Å². The van der Waals surface area contributed by atoms with Gasteiger partial charge in [0.1, 0.15) is 12.3 Å². The zero-order valence-electron chi connectivity index (χ0n) is 13.0. The lowest BCUT2D eigenvalue weighted by atomic mass is 10.4. The maximum Gasteiger partial charge on any atom is 0.373 e. The number of rotatable bonds is 5. The van der Waals surface area contributed by atoms with Gasteiger partial charge in [0.2, 0.25) is 11.6 Å². The van der Waals surface area contributed by atoms with Gasteiger partial charge in [0, 0.05) is 6.04 Å². The highest BCUT2D eigenvalue weighted by Crippen LogP contribution is 2.36. The first-order chi connectivity index (χ1) is 11.7. The predicted octanol–water partition coefficient (Wildman–Crippen LogP) is 2.07. The van der Waals surface area contributed by atoms with Gasteiger partial charge < -0.3 is 13.6 Å². The van der Waals surface area contributed by atoms with Crippen LogP contribution in [0.2, 0.25) is 0 Å². The van der Waals surface area contributed by atoms with Crippen molar-refractivity contribution >= 4 is 5.97 Å². The summed E-state index contributed by atoms with van der Waals surface area (Å²) in [5.74, 6) is 1.03. The second-order valence-corrected chi connectivity index (χ2v) is 5.60. The van der Waals surface area contributed by atoms with E-state index >= 15 is 0 Å². The summed E-state index contributed by atoms with van der Waals surface area (Å²) in [6.45, 7) is 0.128. The van der Waals surface area contributed by atoms with Crippen LogP contribution in [0.4, 0.5) is 0 Å². The number of carbonyl (C=O) groups excluding carboxylic acids is 1. The number of esters is 1. The van der Waals surface area contributed by atoms with Crippen LogP contribution in [0.1, 0.15) is 35.2 Å². The van der Waals surface area contributed by atoms with Crippen molar-refractivity contribution < 1.29 is 18.4 Å². The molecule has 3 aromatic rings. The van der Waals surface area contributed by atoms with Crippen LogP contribution in [0.25, 0.3) is 11.6 Å². The number of methoxy groups -OCH3 is 1. The number of nitrogens with zero attached hydrogens (tertiary/aromatic N) is 3. The lowest BCUT2D eigenvalue weighted by molar-refractivity contribution is 0.0562. The van der Waals surface area contributed by atoms with Crippen molar-refractivity contribution in [2.24, 2.45) is 0 Å². The quantitative estimate of drug-likeness (QED) is 0.665. The van der Waals surface area contributed by atoms with Crippen LogP contribution >= 0.6 is 0 Å². The molecule has 0 aromatic carbocycles. The minimum Gasteiger partial charge on any atom is -0.463 e. The SMILES string of the molecule is COC(=O)c1ccc(Cn2nc(-c3ccco3)n(C3CC3)c2=O)o1. The Kier molecular flexibility index (Phi) is 3.37. The average Bonchev–Trinajstić information content (AvgIpc) is 3.02. The average molecular weight is 329 g/mol. The van der Waals surface area contributed by atoms with Crippen LogP contribution in [0.15, 0.2) is 44.2 Å². The molecule has 4 rings (SSSR count). The number of aromatic nitrogens is 3. The summed E-state index contributed by atoms with van der Waals surface area (Å²) in [6.07, 6.45) is 3.45. The lowest BCUT2D eigenvalue weighted by Gasteiger charge is -1.99. The Labute approximate surface area is 136 Å². The van der Waals surface area contributed by atoms with E-state index in [0.29, 0.717) is 17.3 Å². The van der Waals surface area contributed by atoms with Crippen molar-refractivity contribution in [3.8, 4) is 11.6 Å². The summed E-state index contributed by atoms with van der Waals surface area (Å²) >= 11 is 0. The van der Waals surface area contributed by atoms with E-state index in [4.69, 9.17) is 8.83 Å². The standard InChI is InChI=1S/C16H15N3O5/c1-22-15(20)13-7-6-11(24-13)9-18-16(21)19(10-4-5-10)14(17-18)12-3-2-8-23-12/h2-3,6-8,10H,4-5,9H2,1H3. The lowest BCUT2D eigenvalue weighted by Crippen LogP contribution is -2.25. The summed E-state index contributed by atoms with van der Waals surface area (Å²) in [6, 6.07) is 6.82. The summed E-state index contributed by atoms with van der Waals surface area (Å²) in [7, 11) is 1.28. The zero-order chi connectivity index (χ0) is 16.7. The molecule has 1 saturated carbocycles. The molecule has 8 nitrogen and oxygen atoms in total. The van der Waals surface area contributed by atoms with Gasteiger partial charge in [0.05, 0.1) is 13.4 Å². The Hall–Kier alpha value is -3.03. The van der Waals surface area contributed by atoms with Gasteiger partial charge in [-0.05, 0) is 37.1 Å².